The van der Waals surface area contributed by atoms with E-state index >= 15 is 0 Å². The van der Waals surface area contributed by atoms with Gasteiger partial charge in [-0.05, 0) is 67.5 Å². The average Bonchev–Trinajstić information content (AvgIpc) is 2.75. The Balaban J connectivity index is 1.42. The van der Waals surface area contributed by atoms with Crippen LogP contribution in [-0.2, 0) is 22.4 Å². The number of aryl methyl sites for hydroxylation is 1. The third kappa shape index (κ3) is 5.59. The number of hydrogen-bond donors (Lipinski definition) is 2. The van der Waals surface area contributed by atoms with Crippen molar-refractivity contribution in [3.05, 3.63) is 59.7 Å². The van der Waals surface area contributed by atoms with Gasteiger partial charge >= 0.3 is 11.8 Å². The zero-order chi connectivity index (χ0) is 19.8. The predicted octanol–water partition coefficient (Wildman–Crippen LogP) is 3.54. The van der Waals surface area contributed by atoms with Crippen LogP contribution in [0.1, 0.15) is 37.3 Å². The summed E-state index contributed by atoms with van der Waals surface area (Å²) in [4.78, 5) is 26.4. The van der Waals surface area contributed by atoms with Crippen LogP contribution in [0, 0.1) is 0 Å². The molecule has 1 aliphatic heterocycles. The molecule has 3 rings (SSSR count). The first-order valence-electron chi connectivity index (χ1n) is 10.2. The highest BCUT2D eigenvalue weighted by molar-refractivity contribution is 6.39. The molecule has 0 aliphatic carbocycles. The second-order valence-corrected chi connectivity index (χ2v) is 7.22. The summed E-state index contributed by atoms with van der Waals surface area (Å²) in [6.07, 6.45) is 5.49. The first-order valence-corrected chi connectivity index (χ1v) is 10.2. The van der Waals surface area contributed by atoms with Gasteiger partial charge in [-0.2, -0.15) is 0 Å². The summed E-state index contributed by atoms with van der Waals surface area (Å²) < 4.78 is 0. The van der Waals surface area contributed by atoms with Crippen molar-refractivity contribution in [1.82, 2.24) is 5.32 Å². The third-order valence-corrected chi connectivity index (χ3v) is 5.18. The number of hydrogen-bond acceptors (Lipinski definition) is 3. The Morgan fingerprint density at radius 2 is 1.50 bits per heavy atom. The lowest BCUT2D eigenvalue weighted by Gasteiger charge is -2.28. The van der Waals surface area contributed by atoms with Gasteiger partial charge in [0.15, 0.2) is 0 Å². The summed E-state index contributed by atoms with van der Waals surface area (Å²) in [5.74, 6) is -1.24. The minimum atomic E-state index is -0.635. The quantitative estimate of drug-likeness (QED) is 0.755. The molecule has 1 saturated heterocycles. The van der Waals surface area contributed by atoms with E-state index in [9.17, 15) is 9.59 Å². The van der Waals surface area contributed by atoms with Crippen LogP contribution in [0.2, 0.25) is 0 Å². The van der Waals surface area contributed by atoms with Crippen LogP contribution in [0.5, 0.6) is 0 Å². The maximum Gasteiger partial charge on any atom is 0.313 e. The number of rotatable bonds is 6. The molecule has 0 atom stereocenters. The molecule has 148 valence electrons. The van der Waals surface area contributed by atoms with E-state index in [1.807, 2.05) is 24.3 Å². The van der Waals surface area contributed by atoms with Crippen LogP contribution in [0.25, 0.3) is 0 Å². The van der Waals surface area contributed by atoms with Crippen LogP contribution < -0.4 is 15.5 Å². The molecule has 2 aromatic rings. The van der Waals surface area contributed by atoms with Gasteiger partial charge in [-0.15, -0.1) is 0 Å². The summed E-state index contributed by atoms with van der Waals surface area (Å²) in [5, 5.41) is 5.32. The van der Waals surface area contributed by atoms with Crippen LogP contribution >= 0.6 is 0 Å². The van der Waals surface area contributed by atoms with E-state index in [0.29, 0.717) is 18.7 Å². The molecule has 0 unspecified atom stereocenters. The number of anilines is 2. The van der Waals surface area contributed by atoms with Crippen LogP contribution in [0.3, 0.4) is 0 Å². The van der Waals surface area contributed by atoms with Crippen molar-refractivity contribution in [3.63, 3.8) is 0 Å². The first kappa shape index (κ1) is 19.9. The van der Waals surface area contributed by atoms with Crippen molar-refractivity contribution in [2.45, 2.75) is 39.0 Å². The smallest absolute Gasteiger partial charge is 0.313 e. The number of benzene rings is 2. The van der Waals surface area contributed by atoms with Gasteiger partial charge in [0, 0.05) is 31.0 Å². The Morgan fingerprint density at radius 3 is 2.14 bits per heavy atom. The van der Waals surface area contributed by atoms with Gasteiger partial charge in [0.25, 0.3) is 0 Å². The molecular weight excluding hydrogens is 350 g/mol. The van der Waals surface area contributed by atoms with Crippen molar-refractivity contribution in [1.29, 1.82) is 0 Å². The molecule has 2 amide bonds. The molecule has 5 nitrogen and oxygen atoms in total. The van der Waals surface area contributed by atoms with Crippen molar-refractivity contribution in [3.8, 4) is 0 Å². The molecule has 5 heteroatoms. The first-order chi connectivity index (χ1) is 13.7. The zero-order valence-corrected chi connectivity index (χ0v) is 16.5. The number of carbonyl (C=O) groups excluding carboxylic acids is 2. The highest BCUT2D eigenvalue weighted by atomic mass is 16.2. The number of nitrogens with one attached hydrogen (secondary N) is 2. The molecular formula is C23H29N3O2. The molecule has 0 bridgehead atoms. The Labute approximate surface area is 167 Å². The predicted molar refractivity (Wildman–Crippen MR) is 114 cm³/mol. The van der Waals surface area contributed by atoms with Crippen LogP contribution in [-0.4, -0.2) is 31.4 Å². The van der Waals surface area contributed by atoms with Crippen LogP contribution in [0.4, 0.5) is 11.4 Å². The van der Waals surface area contributed by atoms with E-state index in [0.717, 1.165) is 25.1 Å². The highest BCUT2D eigenvalue weighted by Gasteiger charge is 2.13. The van der Waals surface area contributed by atoms with Crippen molar-refractivity contribution in [2.75, 3.05) is 29.9 Å². The Morgan fingerprint density at radius 1 is 0.857 bits per heavy atom. The summed E-state index contributed by atoms with van der Waals surface area (Å²) >= 11 is 0. The Hall–Kier alpha value is -2.82. The van der Waals surface area contributed by atoms with Gasteiger partial charge in [0.05, 0.1) is 0 Å². The zero-order valence-electron chi connectivity index (χ0n) is 16.5. The van der Waals surface area contributed by atoms with Gasteiger partial charge in [0.1, 0.15) is 0 Å². The van der Waals surface area contributed by atoms with Gasteiger partial charge in [-0.3, -0.25) is 9.59 Å². The second-order valence-electron chi connectivity index (χ2n) is 7.22. The Kier molecular flexibility index (Phi) is 7.06. The van der Waals surface area contributed by atoms with Crippen molar-refractivity contribution < 1.29 is 9.59 Å². The molecule has 2 aromatic carbocycles. The SMILES string of the molecule is CCc1ccc(NC(=O)C(=O)NCCc2ccc(N3CCCCC3)cc2)cc1. The topological polar surface area (TPSA) is 61.4 Å². The van der Waals surface area contributed by atoms with E-state index in [1.54, 1.807) is 0 Å². The summed E-state index contributed by atoms with van der Waals surface area (Å²) in [5.41, 5.74) is 4.23. The maximum atomic E-state index is 12.0. The Bertz CT molecular complexity index is 778. The van der Waals surface area contributed by atoms with Crippen molar-refractivity contribution >= 4 is 23.2 Å². The van der Waals surface area contributed by atoms with E-state index in [-0.39, 0.29) is 0 Å². The fourth-order valence-corrected chi connectivity index (χ4v) is 3.44. The standard InChI is InChI=1S/C23H29N3O2/c1-2-18-6-10-20(11-7-18)25-23(28)22(27)24-15-14-19-8-12-21(13-9-19)26-16-4-3-5-17-26/h6-13H,2-5,14-17H2,1H3,(H,24,27)(H,25,28). The summed E-state index contributed by atoms with van der Waals surface area (Å²) in [6, 6.07) is 16.0. The average molecular weight is 380 g/mol. The van der Waals surface area contributed by atoms with Gasteiger partial charge in [-0.1, -0.05) is 31.2 Å². The van der Waals surface area contributed by atoms with Crippen LogP contribution in [0.15, 0.2) is 48.5 Å². The largest absolute Gasteiger partial charge is 0.372 e. The molecule has 28 heavy (non-hydrogen) atoms. The molecule has 0 aromatic heterocycles. The minimum Gasteiger partial charge on any atom is -0.372 e. The lowest BCUT2D eigenvalue weighted by molar-refractivity contribution is -0.136. The summed E-state index contributed by atoms with van der Waals surface area (Å²) in [6.45, 7) is 4.77. The van der Waals surface area contributed by atoms with E-state index < -0.39 is 11.8 Å². The third-order valence-electron chi connectivity index (χ3n) is 5.18. The fourth-order valence-electron chi connectivity index (χ4n) is 3.44. The van der Waals surface area contributed by atoms with Gasteiger partial charge in [-0.25, -0.2) is 0 Å². The number of nitrogens with zero attached hydrogens (tertiary/aromatic N) is 1. The normalized spacial score (nSPS) is 13.8. The second kappa shape index (κ2) is 9.93. The maximum absolute atomic E-state index is 12.0. The number of carbonyl (C=O) groups is 2. The molecule has 1 fully saturated rings. The van der Waals surface area contributed by atoms with E-state index in [2.05, 4.69) is 46.7 Å². The molecule has 0 radical (unpaired) electrons. The monoisotopic (exact) mass is 379 g/mol. The molecule has 1 heterocycles. The van der Waals surface area contributed by atoms with Crippen molar-refractivity contribution in [2.24, 2.45) is 0 Å². The van der Waals surface area contributed by atoms with Gasteiger partial charge in [0.2, 0.25) is 0 Å². The molecule has 0 spiro atoms. The van der Waals surface area contributed by atoms with E-state index in [1.165, 1.54) is 30.5 Å². The lowest BCUT2D eigenvalue weighted by atomic mass is 10.1. The number of piperidine rings is 1. The van der Waals surface area contributed by atoms with E-state index in [4.69, 9.17) is 0 Å². The molecule has 1 aliphatic rings. The van der Waals surface area contributed by atoms with Gasteiger partial charge < -0.3 is 15.5 Å². The lowest BCUT2D eigenvalue weighted by Crippen LogP contribution is -2.36. The molecule has 0 saturated carbocycles. The number of amides is 2. The minimum absolute atomic E-state index is 0.435. The fraction of sp³-hybridized carbons (Fsp3) is 0.391. The molecule has 2 N–H and O–H groups in total. The highest BCUT2D eigenvalue weighted by Crippen LogP contribution is 2.20. The summed E-state index contributed by atoms with van der Waals surface area (Å²) in [7, 11) is 0.